The van der Waals surface area contributed by atoms with Crippen molar-refractivity contribution < 1.29 is 13.2 Å². The molecule has 8 heteroatoms. The minimum absolute atomic E-state index is 0.167. The topological polar surface area (TPSA) is 59.4 Å². The number of aryl methyl sites for hydroxylation is 2. The van der Waals surface area contributed by atoms with Crippen molar-refractivity contribution in [3.05, 3.63) is 35.8 Å². The number of rotatable bonds is 2. The molecule has 0 unspecified atom stereocenters. The third-order valence-corrected chi connectivity index (χ3v) is 3.12. The fourth-order valence-corrected chi connectivity index (χ4v) is 2.22. The first-order valence-electron chi connectivity index (χ1n) is 6.37. The number of imidazole rings is 1. The minimum Gasteiger partial charge on any atom is -0.343 e. The maximum atomic E-state index is 13.0. The highest BCUT2D eigenvalue weighted by Gasteiger charge is 2.36. The van der Waals surface area contributed by atoms with Crippen LogP contribution in [-0.4, -0.2) is 24.5 Å². The minimum atomic E-state index is -4.60. The molecule has 0 aromatic carbocycles. The second-order valence-corrected chi connectivity index (χ2v) is 4.65. The van der Waals surface area contributed by atoms with Crippen molar-refractivity contribution in [3.8, 4) is 5.82 Å². The average molecular weight is 295 g/mol. The van der Waals surface area contributed by atoms with E-state index in [2.05, 4.69) is 19.9 Å². The van der Waals surface area contributed by atoms with Crippen LogP contribution in [0, 0.1) is 6.92 Å². The number of nitrogens with zero attached hydrogens (tertiary/aromatic N) is 4. The van der Waals surface area contributed by atoms with Crippen LogP contribution in [0.4, 0.5) is 13.2 Å². The molecule has 110 valence electrons. The normalized spacial score (nSPS) is 12.2. The van der Waals surface area contributed by atoms with E-state index >= 15 is 0 Å². The molecular weight excluding hydrogens is 283 g/mol. The highest BCUT2D eigenvalue weighted by molar-refractivity contribution is 5.84. The van der Waals surface area contributed by atoms with Crippen molar-refractivity contribution in [1.82, 2.24) is 24.5 Å². The molecule has 21 heavy (non-hydrogen) atoms. The summed E-state index contributed by atoms with van der Waals surface area (Å²) in [6.07, 6.45) is -0.874. The van der Waals surface area contributed by atoms with E-state index in [0.29, 0.717) is 17.6 Å². The zero-order chi connectivity index (χ0) is 15.2. The van der Waals surface area contributed by atoms with Gasteiger partial charge in [-0.1, -0.05) is 6.92 Å². The van der Waals surface area contributed by atoms with Crippen LogP contribution in [0.25, 0.3) is 16.9 Å². The third kappa shape index (κ3) is 2.26. The zero-order valence-electron chi connectivity index (χ0n) is 11.4. The Labute approximate surface area is 117 Å². The van der Waals surface area contributed by atoms with Gasteiger partial charge < -0.3 is 4.98 Å². The molecule has 0 saturated carbocycles. The molecule has 3 aromatic rings. The van der Waals surface area contributed by atoms with Crippen molar-refractivity contribution in [1.29, 1.82) is 0 Å². The lowest BCUT2D eigenvalue weighted by atomic mass is 10.3. The number of aromatic amines is 1. The van der Waals surface area contributed by atoms with Gasteiger partial charge in [-0.25, -0.2) is 15.0 Å². The van der Waals surface area contributed by atoms with E-state index in [4.69, 9.17) is 0 Å². The Morgan fingerprint density at radius 3 is 2.71 bits per heavy atom. The summed E-state index contributed by atoms with van der Waals surface area (Å²) in [6, 6.07) is 1.73. The summed E-state index contributed by atoms with van der Waals surface area (Å²) < 4.78 is 40.5. The summed E-state index contributed by atoms with van der Waals surface area (Å²) in [7, 11) is 0. The van der Waals surface area contributed by atoms with Gasteiger partial charge in [-0.05, 0) is 13.0 Å². The molecular formula is C13H12F3N5. The number of hydrogen-bond donors (Lipinski definition) is 1. The van der Waals surface area contributed by atoms with Crippen molar-refractivity contribution in [2.75, 3.05) is 0 Å². The van der Waals surface area contributed by atoms with Gasteiger partial charge in [0.1, 0.15) is 11.5 Å². The van der Waals surface area contributed by atoms with Crippen LogP contribution in [0.15, 0.2) is 18.5 Å². The fraction of sp³-hybridized carbons (Fsp3) is 0.308. The standard InChI is InChI=1S/C13H12F3N5/c1-3-9-17-4-5-21(9)11-8-6-7(2)18-10(8)19-12(20-11)13(14,15)16/h4-6H,3H2,1-2H3,(H,18,19,20). The smallest absolute Gasteiger partial charge is 0.343 e. The fourth-order valence-electron chi connectivity index (χ4n) is 2.22. The van der Waals surface area contributed by atoms with E-state index < -0.39 is 12.0 Å². The van der Waals surface area contributed by atoms with Gasteiger partial charge in [0.2, 0.25) is 5.82 Å². The molecule has 3 heterocycles. The maximum absolute atomic E-state index is 13.0. The molecule has 3 aromatic heterocycles. The van der Waals surface area contributed by atoms with Crippen LogP contribution in [0.1, 0.15) is 24.3 Å². The van der Waals surface area contributed by atoms with E-state index in [0.717, 1.165) is 5.69 Å². The summed E-state index contributed by atoms with van der Waals surface area (Å²) in [6.45, 7) is 3.64. The van der Waals surface area contributed by atoms with Crippen molar-refractivity contribution in [3.63, 3.8) is 0 Å². The Morgan fingerprint density at radius 2 is 2.05 bits per heavy atom. The molecule has 3 rings (SSSR count). The summed E-state index contributed by atoms with van der Waals surface area (Å²) in [5, 5.41) is 0.535. The highest BCUT2D eigenvalue weighted by atomic mass is 19.4. The lowest BCUT2D eigenvalue weighted by Crippen LogP contribution is -2.14. The van der Waals surface area contributed by atoms with Crippen molar-refractivity contribution >= 4 is 11.0 Å². The van der Waals surface area contributed by atoms with Crippen LogP contribution in [0.2, 0.25) is 0 Å². The molecule has 0 aliphatic rings. The van der Waals surface area contributed by atoms with Gasteiger partial charge in [0.15, 0.2) is 5.82 Å². The van der Waals surface area contributed by atoms with Crippen LogP contribution in [0.3, 0.4) is 0 Å². The van der Waals surface area contributed by atoms with Gasteiger partial charge in [-0.2, -0.15) is 13.2 Å². The van der Waals surface area contributed by atoms with Gasteiger partial charge in [-0.15, -0.1) is 0 Å². The van der Waals surface area contributed by atoms with E-state index in [1.54, 1.807) is 30.0 Å². The number of fused-ring (bicyclic) bond motifs is 1. The first kappa shape index (κ1) is 13.6. The quantitative estimate of drug-likeness (QED) is 0.790. The average Bonchev–Trinajstić information content (AvgIpc) is 3.00. The van der Waals surface area contributed by atoms with Crippen LogP contribution >= 0.6 is 0 Å². The lowest BCUT2D eigenvalue weighted by Gasteiger charge is -2.10. The molecule has 0 bridgehead atoms. The number of nitrogens with one attached hydrogen (secondary N) is 1. The highest BCUT2D eigenvalue weighted by Crippen LogP contribution is 2.30. The van der Waals surface area contributed by atoms with Gasteiger partial charge in [0.05, 0.1) is 5.39 Å². The van der Waals surface area contributed by atoms with Gasteiger partial charge in [0, 0.05) is 24.5 Å². The summed E-state index contributed by atoms with van der Waals surface area (Å²) in [4.78, 5) is 14.2. The van der Waals surface area contributed by atoms with Gasteiger partial charge >= 0.3 is 6.18 Å². The first-order chi connectivity index (χ1) is 9.90. The monoisotopic (exact) mass is 295 g/mol. The summed E-state index contributed by atoms with van der Waals surface area (Å²) >= 11 is 0. The lowest BCUT2D eigenvalue weighted by molar-refractivity contribution is -0.144. The molecule has 5 nitrogen and oxygen atoms in total. The van der Waals surface area contributed by atoms with Crippen molar-refractivity contribution in [2.45, 2.75) is 26.4 Å². The molecule has 0 saturated heterocycles. The molecule has 0 aliphatic heterocycles. The number of hydrogen-bond acceptors (Lipinski definition) is 3. The Hall–Kier alpha value is -2.38. The third-order valence-electron chi connectivity index (χ3n) is 3.12. The predicted octanol–water partition coefficient (Wildman–Crippen LogP) is 3.03. The maximum Gasteiger partial charge on any atom is 0.451 e. The Morgan fingerprint density at radius 1 is 1.29 bits per heavy atom. The predicted molar refractivity (Wildman–Crippen MR) is 70.1 cm³/mol. The SMILES string of the molecule is CCc1nccn1-c1nc(C(F)(F)F)nc2[nH]c(C)cc12. The number of aromatic nitrogens is 5. The largest absolute Gasteiger partial charge is 0.451 e. The van der Waals surface area contributed by atoms with Crippen LogP contribution in [-0.2, 0) is 12.6 Å². The van der Waals surface area contributed by atoms with Gasteiger partial charge in [0.25, 0.3) is 0 Å². The van der Waals surface area contributed by atoms with Crippen molar-refractivity contribution in [2.24, 2.45) is 0 Å². The molecule has 0 atom stereocenters. The van der Waals surface area contributed by atoms with E-state index in [1.165, 1.54) is 0 Å². The number of alkyl halides is 3. The number of H-pyrrole nitrogens is 1. The molecule has 0 spiro atoms. The second-order valence-electron chi connectivity index (χ2n) is 4.65. The van der Waals surface area contributed by atoms with E-state index in [1.807, 2.05) is 6.92 Å². The molecule has 1 N–H and O–H groups in total. The van der Waals surface area contributed by atoms with E-state index in [-0.39, 0.29) is 11.5 Å². The van der Waals surface area contributed by atoms with Gasteiger partial charge in [-0.3, -0.25) is 4.57 Å². The number of halogens is 3. The molecule has 0 aliphatic carbocycles. The first-order valence-corrected chi connectivity index (χ1v) is 6.37. The summed E-state index contributed by atoms with van der Waals surface area (Å²) in [5.41, 5.74) is 0.888. The summed E-state index contributed by atoms with van der Waals surface area (Å²) in [5.74, 6) is -0.337. The Balaban J connectivity index is 2.34. The Bertz CT molecular complexity index is 800. The molecule has 0 amide bonds. The second kappa shape index (κ2) is 4.57. The van der Waals surface area contributed by atoms with Crippen LogP contribution < -0.4 is 0 Å². The molecule has 0 radical (unpaired) electrons. The van der Waals surface area contributed by atoms with Crippen LogP contribution in [0.5, 0.6) is 0 Å². The van der Waals surface area contributed by atoms with E-state index in [9.17, 15) is 13.2 Å². The zero-order valence-corrected chi connectivity index (χ0v) is 11.4. The Kier molecular flexibility index (Phi) is 2.96. The molecule has 0 fully saturated rings.